The van der Waals surface area contributed by atoms with Crippen molar-refractivity contribution in [3.63, 3.8) is 0 Å². The van der Waals surface area contributed by atoms with Crippen LogP contribution in [0.4, 0.5) is 0 Å². The molecule has 6 heteroatoms. The van der Waals surface area contributed by atoms with Crippen LogP contribution >= 0.6 is 0 Å². The molecule has 0 aromatic heterocycles. The lowest BCUT2D eigenvalue weighted by Gasteiger charge is -2.21. The lowest BCUT2D eigenvalue weighted by molar-refractivity contribution is -0.145. The maximum Gasteiger partial charge on any atom is 0.257 e. The topological polar surface area (TPSA) is 75.7 Å². The Morgan fingerprint density at radius 1 is 1.53 bits per heavy atom. The minimum absolute atomic E-state index is 0.350. The zero-order chi connectivity index (χ0) is 13.0. The van der Waals surface area contributed by atoms with Gasteiger partial charge in [0.15, 0.2) is 0 Å². The van der Waals surface area contributed by atoms with Crippen molar-refractivity contribution in [2.24, 2.45) is 0 Å². The summed E-state index contributed by atoms with van der Waals surface area (Å²) in [6.45, 7) is 3.81. The molecule has 17 heavy (non-hydrogen) atoms. The van der Waals surface area contributed by atoms with E-state index in [9.17, 15) is 14.4 Å². The van der Waals surface area contributed by atoms with Crippen molar-refractivity contribution in [3.05, 3.63) is 11.6 Å². The van der Waals surface area contributed by atoms with Gasteiger partial charge in [0.25, 0.3) is 11.8 Å². The molecular weight excluding hydrogens is 224 g/mol. The smallest absolute Gasteiger partial charge is 0.257 e. The number of carbonyl (C=O) groups excluding carboxylic acids is 3. The fourth-order valence-corrected chi connectivity index (χ4v) is 1.51. The van der Waals surface area contributed by atoms with Gasteiger partial charge >= 0.3 is 0 Å². The SMILES string of the molecule is COCCNC(=O)C(C)N1C(=O)C=C(C)C1=O. The molecule has 0 saturated heterocycles. The summed E-state index contributed by atoms with van der Waals surface area (Å²) in [7, 11) is 1.52. The van der Waals surface area contributed by atoms with Crippen molar-refractivity contribution in [1.29, 1.82) is 0 Å². The van der Waals surface area contributed by atoms with E-state index in [-0.39, 0.29) is 5.91 Å². The molecule has 1 N–H and O–H groups in total. The Morgan fingerprint density at radius 2 is 2.18 bits per heavy atom. The third kappa shape index (κ3) is 2.91. The number of ether oxygens (including phenoxy) is 1. The molecule has 1 heterocycles. The number of hydrogen-bond donors (Lipinski definition) is 1. The van der Waals surface area contributed by atoms with Crippen molar-refractivity contribution < 1.29 is 19.1 Å². The predicted octanol–water partition coefficient (Wildman–Crippen LogP) is -0.547. The Hall–Kier alpha value is -1.69. The third-order valence-corrected chi connectivity index (χ3v) is 2.51. The van der Waals surface area contributed by atoms with Crippen LogP contribution in [0.5, 0.6) is 0 Å². The van der Waals surface area contributed by atoms with Crippen LogP contribution in [0.15, 0.2) is 11.6 Å². The standard InChI is InChI=1S/C11H16N2O4/c1-7-6-9(14)13(11(7)16)8(2)10(15)12-4-5-17-3/h6,8H,4-5H2,1-3H3,(H,12,15). The lowest BCUT2D eigenvalue weighted by Crippen LogP contribution is -2.48. The van der Waals surface area contributed by atoms with Gasteiger partial charge in [0.2, 0.25) is 5.91 Å². The maximum absolute atomic E-state index is 11.7. The van der Waals surface area contributed by atoms with Gasteiger partial charge in [-0.1, -0.05) is 0 Å². The molecule has 0 saturated carbocycles. The fourth-order valence-electron chi connectivity index (χ4n) is 1.51. The summed E-state index contributed by atoms with van der Waals surface area (Å²) in [5, 5.41) is 2.58. The van der Waals surface area contributed by atoms with Gasteiger partial charge < -0.3 is 10.1 Å². The van der Waals surface area contributed by atoms with Gasteiger partial charge in [-0.15, -0.1) is 0 Å². The van der Waals surface area contributed by atoms with E-state index in [1.165, 1.54) is 20.1 Å². The van der Waals surface area contributed by atoms with Gasteiger partial charge in [-0.2, -0.15) is 0 Å². The van der Waals surface area contributed by atoms with Crippen LogP contribution in [0.2, 0.25) is 0 Å². The summed E-state index contributed by atoms with van der Waals surface area (Å²) >= 11 is 0. The number of nitrogens with one attached hydrogen (secondary N) is 1. The zero-order valence-electron chi connectivity index (χ0n) is 10.1. The molecule has 6 nitrogen and oxygen atoms in total. The van der Waals surface area contributed by atoms with Crippen LogP contribution in [0.1, 0.15) is 13.8 Å². The van der Waals surface area contributed by atoms with Gasteiger partial charge in [0.05, 0.1) is 6.61 Å². The highest BCUT2D eigenvalue weighted by molar-refractivity contribution is 6.17. The summed E-state index contributed by atoms with van der Waals surface area (Å²) in [5.74, 6) is -1.22. The van der Waals surface area contributed by atoms with Crippen molar-refractivity contribution in [2.45, 2.75) is 19.9 Å². The quantitative estimate of drug-likeness (QED) is 0.517. The minimum atomic E-state index is -0.805. The monoisotopic (exact) mass is 240 g/mol. The summed E-state index contributed by atoms with van der Waals surface area (Å²) < 4.78 is 4.78. The number of imide groups is 1. The number of amides is 3. The van der Waals surface area contributed by atoms with E-state index in [1.807, 2.05) is 0 Å². The van der Waals surface area contributed by atoms with E-state index >= 15 is 0 Å². The second-order valence-electron chi connectivity index (χ2n) is 3.80. The predicted molar refractivity (Wildman–Crippen MR) is 60.0 cm³/mol. The number of carbonyl (C=O) groups is 3. The van der Waals surface area contributed by atoms with Crippen LogP contribution in [0, 0.1) is 0 Å². The first-order chi connectivity index (χ1) is 7.99. The Balaban J connectivity index is 2.59. The van der Waals surface area contributed by atoms with Crippen molar-refractivity contribution >= 4 is 17.7 Å². The highest BCUT2D eigenvalue weighted by atomic mass is 16.5. The third-order valence-electron chi connectivity index (χ3n) is 2.51. The number of rotatable bonds is 5. The Kier molecular flexibility index (Phi) is 4.39. The zero-order valence-corrected chi connectivity index (χ0v) is 10.1. The van der Waals surface area contributed by atoms with Gasteiger partial charge in [-0.05, 0) is 13.8 Å². The first-order valence-corrected chi connectivity index (χ1v) is 5.31. The molecular formula is C11H16N2O4. The molecule has 1 unspecified atom stereocenters. The second kappa shape index (κ2) is 5.58. The summed E-state index contributed by atoms with van der Waals surface area (Å²) in [5.41, 5.74) is 0.353. The van der Waals surface area contributed by atoms with E-state index in [2.05, 4.69) is 5.32 Å². The summed E-state index contributed by atoms with van der Waals surface area (Å²) in [6, 6.07) is -0.805. The highest BCUT2D eigenvalue weighted by Crippen LogP contribution is 2.15. The van der Waals surface area contributed by atoms with Gasteiger partial charge in [-0.25, -0.2) is 0 Å². The first kappa shape index (κ1) is 13.4. The molecule has 0 aliphatic carbocycles. The molecule has 1 aliphatic rings. The Labute approximate surface area is 99.6 Å². The van der Waals surface area contributed by atoms with Crippen LogP contribution < -0.4 is 5.32 Å². The Bertz CT molecular complexity index is 376. The van der Waals surface area contributed by atoms with E-state index in [0.717, 1.165) is 4.90 Å². The molecule has 1 rings (SSSR count). The normalized spacial score (nSPS) is 17.1. The molecule has 1 aliphatic heterocycles. The van der Waals surface area contributed by atoms with E-state index in [1.54, 1.807) is 6.92 Å². The molecule has 0 fully saturated rings. The van der Waals surface area contributed by atoms with Crippen LogP contribution in [0.25, 0.3) is 0 Å². The molecule has 1 atom stereocenters. The average molecular weight is 240 g/mol. The minimum Gasteiger partial charge on any atom is -0.383 e. The molecule has 94 valence electrons. The van der Waals surface area contributed by atoms with E-state index in [0.29, 0.717) is 18.7 Å². The van der Waals surface area contributed by atoms with Crippen LogP contribution in [-0.2, 0) is 19.1 Å². The van der Waals surface area contributed by atoms with Crippen molar-refractivity contribution in [1.82, 2.24) is 10.2 Å². The molecule has 3 amide bonds. The van der Waals surface area contributed by atoms with Gasteiger partial charge in [-0.3, -0.25) is 19.3 Å². The second-order valence-corrected chi connectivity index (χ2v) is 3.80. The maximum atomic E-state index is 11.7. The first-order valence-electron chi connectivity index (χ1n) is 5.31. The van der Waals surface area contributed by atoms with E-state index < -0.39 is 17.9 Å². The molecule has 0 aromatic carbocycles. The molecule has 0 spiro atoms. The largest absolute Gasteiger partial charge is 0.383 e. The van der Waals surface area contributed by atoms with Gasteiger partial charge in [0, 0.05) is 25.3 Å². The highest BCUT2D eigenvalue weighted by Gasteiger charge is 2.35. The fraction of sp³-hybridized carbons (Fsp3) is 0.545. The van der Waals surface area contributed by atoms with E-state index in [4.69, 9.17) is 4.74 Å². The average Bonchev–Trinajstić information content (AvgIpc) is 2.52. The Morgan fingerprint density at radius 3 is 2.65 bits per heavy atom. The van der Waals surface area contributed by atoms with Crippen LogP contribution in [0.3, 0.4) is 0 Å². The summed E-state index contributed by atoms with van der Waals surface area (Å²) in [6.07, 6.45) is 1.24. The van der Waals surface area contributed by atoms with Gasteiger partial charge in [0.1, 0.15) is 6.04 Å². The van der Waals surface area contributed by atoms with Crippen molar-refractivity contribution in [3.8, 4) is 0 Å². The molecule has 0 bridgehead atoms. The van der Waals surface area contributed by atoms with Crippen LogP contribution in [-0.4, -0.2) is 48.9 Å². The lowest BCUT2D eigenvalue weighted by atomic mass is 10.2. The van der Waals surface area contributed by atoms with Crippen molar-refractivity contribution in [2.75, 3.05) is 20.3 Å². The molecule has 0 aromatic rings. The number of hydrogen-bond acceptors (Lipinski definition) is 4. The molecule has 0 radical (unpaired) electrons. The summed E-state index contributed by atoms with van der Waals surface area (Å²) in [4.78, 5) is 35.7. The number of nitrogens with zero attached hydrogens (tertiary/aromatic N) is 1. The number of methoxy groups -OCH3 is 1.